The SMILES string of the molecule is CN1C(=O)C(c2ccccc2)c2c1cccc2[N+](=O)[O-]. The maximum absolute atomic E-state index is 12.4. The largest absolute Gasteiger partial charge is 0.314 e. The Morgan fingerprint density at radius 2 is 1.80 bits per heavy atom. The Morgan fingerprint density at radius 1 is 1.10 bits per heavy atom. The predicted octanol–water partition coefficient (Wildman–Crippen LogP) is 2.70. The van der Waals surface area contributed by atoms with Crippen LogP contribution < -0.4 is 4.90 Å². The molecule has 1 amide bonds. The summed E-state index contributed by atoms with van der Waals surface area (Å²) in [6.07, 6.45) is 0. The van der Waals surface area contributed by atoms with Gasteiger partial charge in [0.25, 0.3) is 5.69 Å². The number of nitro benzene ring substituents is 1. The summed E-state index contributed by atoms with van der Waals surface area (Å²) >= 11 is 0. The first kappa shape index (κ1) is 12.3. The molecule has 2 aromatic carbocycles. The number of hydrogen-bond donors (Lipinski definition) is 0. The highest BCUT2D eigenvalue weighted by Crippen LogP contribution is 2.44. The van der Waals surface area contributed by atoms with Crippen LogP contribution in [0.25, 0.3) is 0 Å². The third kappa shape index (κ3) is 1.67. The van der Waals surface area contributed by atoms with Crippen LogP contribution in [-0.4, -0.2) is 17.9 Å². The Balaban J connectivity index is 2.26. The highest BCUT2D eigenvalue weighted by Gasteiger charge is 2.41. The second-order valence-corrected chi connectivity index (χ2v) is 4.71. The Labute approximate surface area is 115 Å². The number of amides is 1. The van der Waals surface area contributed by atoms with Crippen LogP contribution in [0, 0.1) is 10.1 Å². The van der Waals surface area contributed by atoms with Crippen molar-refractivity contribution in [2.75, 3.05) is 11.9 Å². The summed E-state index contributed by atoms with van der Waals surface area (Å²) in [7, 11) is 1.65. The van der Waals surface area contributed by atoms with Gasteiger partial charge in [-0.1, -0.05) is 36.4 Å². The Hall–Kier alpha value is -2.69. The molecule has 0 spiro atoms. The van der Waals surface area contributed by atoms with Gasteiger partial charge in [-0.2, -0.15) is 0 Å². The van der Waals surface area contributed by atoms with E-state index in [1.165, 1.54) is 11.0 Å². The molecule has 1 aliphatic rings. The fourth-order valence-electron chi connectivity index (χ4n) is 2.68. The van der Waals surface area contributed by atoms with Crippen LogP contribution in [0.15, 0.2) is 48.5 Å². The van der Waals surface area contributed by atoms with Crippen molar-refractivity contribution in [2.45, 2.75) is 5.92 Å². The number of fused-ring (bicyclic) bond motifs is 1. The van der Waals surface area contributed by atoms with Crippen LogP contribution in [0.5, 0.6) is 0 Å². The average molecular weight is 268 g/mol. The van der Waals surface area contributed by atoms with Crippen LogP contribution in [-0.2, 0) is 4.79 Å². The van der Waals surface area contributed by atoms with Crippen LogP contribution in [0.4, 0.5) is 11.4 Å². The Bertz CT molecular complexity index is 698. The van der Waals surface area contributed by atoms with Crippen LogP contribution in [0.2, 0.25) is 0 Å². The van der Waals surface area contributed by atoms with E-state index in [9.17, 15) is 14.9 Å². The highest BCUT2D eigenvalue weighted by atomic mass is 16.6. The molecule has 100 valence electrons. The van der Waals surface area contributed by atoms with E-state index >= 15 is 0 Å². The van der Waals surface area contributed by atoms with Gasteiger partial charge in [0.05, 0.1) is 22.1 Å². The van der Waals surface area contributed by atoms with Gasteiger partial charge in [0, 0.05) is 13.1 Å². The molecule has 1 aliphatic heterocycles. The molecule has 1 heterocycles. The lowest BCUT2D eigenvalue weighted by Gasteiger charge is -2.11. The molecule has 0 N–H and O–H groups in total. The maximum atomic E-state index is 12.4. The third-order valence-electron chi connectivity index (χ3n) is 3.62. The van der Waals surface area contributed by atoms with Gasteiger partial charge in [-0.05, 0) is 11.6 Å². The van der Waals surface area contributed by atoms with Gasteiger partial charge in [0.2, 0.25) is 5.91 Å². The van der Waals surface area contributed by atoms with Crippen molar-refractivity contribution in [1.82, 2.24) is 0 Å². The summed E-state index contributed by atoms with van der Waals surface area (Å²) in [5.74, 6) is -0.738. The van der Waals surface area contributed by atoms with E-state index in [2.05, 4.69) is 0 Å². The highest BCUT2D eigenvalue weighted by molar-refractivity contribution is 6.07. The standard InChI is InChI=1S/C15H12N2O3/c1-16-11-8-5-9-12(17(19)20)14(11)13(15(16)18)10-6-3-2-4-7-10/h2-9,13H,1H3. The first-order chi connectivity index (χ1) is 9.61. The number of nitro groups is 1. The first-order valence-electron chi connectivity index (χ1n) is 6.21. The average Bonchev–Trinajstić information content (AvgIpc) is 2.72. The monoisotopic (exact) mass is 268 g/mol. The van der Waals surface area contributed by atoms with Gasteiger partial charge in [0.15, 0.2) is 0 Å². The third-order valence-corrected chi connectivity index (χ3v) is 3.62. The summed E-state index contributed by atoms with van der Waals surface area (Å²) in [5, 5.41) is 11.2. The molecule has 3 rings (SSSR count). The van der Waals surface area contributed by atoms with E-state index in [0.717, 1.165) is 5.56 Å². The molecule has 0 bridgehead atoms. The molecule has 1 unspecified atom stereocenters. The fraction of sp³-hybridized carbons (Fsp3) is 0.133. The second kappa shape index (κ2) is 4.45. The normalized spacial score (nSPS) is 17.1. The Kier molecular flexibility index (Phi) is 2.75. The number of anilines is 1. The van der Waals surface area contributed by atoms with Crippen molar-refractivity contribution < 1.29 is 9.72 Å². The summed E-state index contributed by atoms with van der Waals surface area (Å²) in [5.41, 5.74) is 1.86. The minimum absolute atomic E-state index is 0.00551. The van der Waals surface area contributed by atoms with E-state index < -0.39 is 10.8 Å². The zero-order valence-electron chi connectivity index (χ0n) is 10.8. The molecule has 5 nitrogen and oxygen atoms in total. The van der Waals surface area contributed by atoms with Crippen molar-refractivity contribution >= 4 is 17.3 Å². The lowest BCUT2D eigenvalue weighted by atomic mass is 9.91. The molecule has 0 saturated carbocycles. The van der Waals surface area contributed by atoms with Crippen LogP contribution in [0.1, 0.15) is 17.0 Å². The smallest absolute Gasteiger partial charge is 0.275 e. The molecular formula is C15H12N2O3. The number of hydrogen-bond acceptors (Lipinski definition) is 3. The van der Waals surface area contributed by atoms with Crippen molar-refractivity contribution in [2.24, 2.45) is 0 Å². The van der Waals surface area contributed by atoms with Gasteiger partial charge >= 0.3 is 0 Å². The van der Waals surface area contributed by atoms with E-state index in [1.54, 1.807) is 19.2 Å². The van der Waals surface area contributed by atoms with Gasteiger partial charge in [0.1, 0.15) is 0 Å². The van der Waals surface area contributed by atoms with Gasteiger partial charge < -0.3 is 4.90 Å². The molecule has 0 radical (unpaired) electrons. The lowest BCUT2D eigenvalue weighted by Crippen LogP contribution is -2.24. The van der Waals surface area contributed by atoms with Crippen molar-refractivity contribution in [3.05, 3.63) is 69.8 Å². The second-order valence-electron chi connectivity index (χ2n) is 4.71. The molecule has 0 aliphatic carbocycles. The molecule has 5 heteroatoms. The van der Waals surface area contributed by atoms with Crippen molar-refractivity contribution in [3.8, 4) is 0 Å². The van der Waals surface area contributed by atoms with Gasteiger partial charge in [-0.3, -0.25) is 14.9 Å². The van der Waals surface area contributed by atoms with Crippen LogP contribution in [0.3, 0.4) is 0 Å². The number of carbonyl (C=O) groups is 1. The molecule has 1 atom stereocenters. The minimum Gasteiger partial charge on any atom is -0.314 e. The molecular weight excluding hydrogens is 256 g/mol. The summed E-state index contributed by atoms with van der Waals surface area (Å²) in [6, 6.07) is 13.9. The number of nitrogens with zero attached hydrogens (tertiary/aromatic N) is 2. The van der Waals surface area contributed by atoms with Gasteiger partial charge in [-0.15, -0.1) is 0 Å². The number of carbonyl (C=O) groups excluding carboxylic acids is 1. The zero-order valence-corrected chi connectivity index (χ0v) is 10.8. The number of rotatable bonds is 2. The van der Waals surface area contributed by atoms with Crippen molar-refractivity contribution in [3.63, 3.8) is 0 Å². The minimum atomic E-state index is -0.599. The predicted molar refractivity (Wildman–Crippen MR) is 74.8 cm³/mol. The maximum Gasteiger partial charge on any atom is 0.275 e. The molecule has 20 heavy (non-hydrogen) atoms. The van der Waals surface area contributed by atoms with Crippen molar-refractivity contribution in [1.29, 1.82) is 0 Å². The number of likely N-dealkylation sites (N-methyl/N-ethyl adjacent to an activating group) is 1. The fourth-order valence-corrected chi connectivity index (χ4v) is 2.68. The quantitative estimate of drug-likeness (QED) is 0.621. The number of benzene rings is 2. The molecule has 0 saturated heterocycles. The lowest BCUT2D eigenvalue weighted by molar-refractivity contribution is -0.385. The topological polar surface area (TPSA) is 63.5 Å². The molecule has 0 fully saturated rings. The first-order valence-corrected chi connectivity index (χ1v) is 6.21. The van der Waals surface area contributed by atoms with E-state index in [1.807, 2.05) is 30.3 Å². The summed E-state index contributed by atoms with van der Waals surface area (Å²) in [4.78, 5) is 24.7. The summed E-state index contributed by atoms with van der Waals surface area (Å²) < 4.78 is 0. The molecule has 0 aromatic heterocycles. The van der Waals surface area contributed by atoms with Gasteiger partial charge in [-0.25, -0.2) is 0 Å². The van der Waals surface area contributed by atoms with E-state index in [4.69, 9.17) is 0 Å². The van der Waals surface area contributed by atoms with Crippen LogP contribution >= 0.6 is 0 Å². The summed E-state index contributed by atoms with van der Waals surface area (Å²) in [6.45, 7) is 0. The Morgan fingerprint density at radius 3 is 2.45 bits per heavy atom. The zero-order chi connectivity index (χ0) is 14.3. The van der Waals surface area contributed by atoms with E-state index in [-0.39, 0.29) is 11.6 Å². The molecule has 2 aromatic rings. The van der Waals surface area contributed by atoms with E-state index in [0.29, 0.717) is 11.3 Å².